The summed E-state index contributed by atoms with van der Waals surface area (Å²) >= 11 is 0. The van der Waals surface area contributed by atoms with Crippen molar-refractivity contribution < 1.29 is 24.5 Å². The SMILES string of the molecule is CCCCCCCCCCCCCCCCCCCCCCCCC/C=C/C(O)C(CO)NC(=O)CCCCCCCCC/C=C\CCCCCCCCCCCOC(=O)CCCCCCCCCCCCCCCCC. The second kappa shape index (κ2) is 66.8. The largest absolute Gasteiger partial charge is 0.466 e. The van der Waals surface area contributed by atoms with Crippen LogP contribution in [-0.4, -0.2) is 47.4 Å². The van der Waals surface area contributed by atoms with Crippen molar-refractivity contribution in [2.24, 2.45) is 0 Å². The normalized spacial score (nSPS) is 12.6. The highest BCUT2D eigenvalue weighted by Crippen LogP contribution is 2.19. The summed E-state index contributed by atoms with van der Waals surface area (Å²) in [7, 11) is 0. The Morgan fingerprint density at radius 3 is 0.922 bits per heavy atom. The van der Waals surface area contributed by atoms with E-state index in [1.807, 2.05) is 6.08 Å². The number of unbranched alkanes of at least 4 members (excludes halogenated alkanes) is 53. The van der Waals surface area contributed by atoms with Crippen molar-refractivity contribution in [1.29, 1.82) is 0 Å². The van der Waals surface area contributed by atoms with Gasteiger partial charge in [-0.3, -0.25) is 9.59 Å². The second-order valence-electron chi connectivity index (χ2n) is 24.2. The summed E-state index contributed by atoms with van der Waals surface area (Å²) in [5, 5.41) is 23.3. The lowest BCUT2D eigenvalue weighted by molar-refractivity contribution is -0.143. The molecular formula is C71H137NO5. The molecule has 6 nitrogen and oxygen atoms in total. The summed E-state index contributed by atoms with van der Waals surface area (Å²) < 4.78 is 5.49. The van der Waals surface area contributed by atoms with Gasteiger partial charge in [0.1, 0.15) is 0 Å². The Bertz CT molecular complexity index is 1200. The van der Waals surface area contributed by atoms with Crippen molar-refractivity contribution in [1.82, 2.24) is 5.32 Å². The zero-order valence-corrected chi connectivity index (χ0v) is 52.2. The van der Waals surface area contributed by atoms with Gasteiger partial charge in [-0.1, -0.05) is 346 Å². The van der Waals surface area contributed by atoms with Crippen LogP contribution in [0.2, 0.25) is 0 Å². The van der Waals surface area contributed by atoms with Crippen LogP contribution in [0.1, 0.15) is 393 Å². The monoisotopic (exact) mass is 1080 g/mol. The van der Waals surface area contributed by atoms with Gasteiger partial charge in [-0.15, -0.1) is 0 Å². The number of hydrogen-bond acceptors (Lipinski definition) is 5. The van der Waals surface area contributed by atoms with Crippen LogP contribution in [-0.2, 0) is 14.3 Å². The van der Waals surface area contributed by atoms with Gasteiger partial charge < -0.3 is 20.3 Å². The van der Waals surface area contributed by atoms with Gasteiger partial charge in [0.25, 0.3) is 0 Å². The third-order valence-electron chi connectivity index (χ3n) is 16.5. The number of ether oxygens (including phenoxy) is 1. The smallest absolute Gasteiger partial charge is 0.305 e. The molecule has 0 spiro atoms. The summed E-state index contributed by atoms with van der Waals surface area (Å²) in [5.41, 5.74) is 0. The highest BCUT2D eigenvalue weighted by atomic mass is 16.5. The van der Waals surface area contributed by atoms with Gasteiger partial charge in [0, 0.05) is 12.8 Å². The maximum atomic E-state index is 12.5. The molecule has 2 atom stereocenters. The Hall–Kier alpha value is -1.66. The van der Waals surface area contributed by atoms with Crippen LogP contribution in [0.15, 0.2) is 24.3 Å². The molecule has 0 fully saturated rings. The zero-order valence-electron chi connectivity index (χ0n) is 52.2. The molecular weight excluding hydrogens is 947 g/mol. The Balaban J connectivity index is 3.45. The highest BCUT2D eigenvalue weighted by Gasteiger charge is 2.18. The number of nitrogens with one attached hydrogen (secondary N) is 1. The van der Waals surface area contributed by atoms with E-state index in [4.69, 9.17) is 4.74 Å². The van der Waals surface area contributed by atoms with Crippen molar-refractivity contribution >= 4 is 11.9 Å². The lowest BCUT2D eigenvalue weighted by atomic mass is 10.0. The minimum atomic E-state index is -0.851. The van der Waals surface area contributed by atoms with Gasteiger partial charge in [-0.05, 0) is 57.8 Å². The molecule has 0 bridgehead atoms. The number of carbonyl (C=O) groups excluding carboxylic acids is 2. The van der Waals surface area contributed by atoms with Crippen molar-refractivity contribution in [2.45, 2.75) is 405 Å². The number of rotatable bonds is 66. The standard InChI is InChI=1S/C71H137NO5/c1-3-5-7-9-11-13-15-17-19-20-21-22-23-24-25-26-29-32-36-39-43-47-51-55-59-63-69(74)68(67-73)72-70(75)64-60-56-52-48-44-40-37-33-30-27-28-31-34-38-42-46-50-54-58-62-66-77-71(76)65-61-57-53-49-45-41-35-18-16-14-12-10-8-6-4-2/h27,30,59,63,68-69,73-74H,3-26,28-29,31-58,60-62,64-67H2,1-2H3,(H,72,75)/b30-27-,63-59+. The average molecular weight is 1080 g/mol. The van der Waals surface area contributed by atoms with Gasteiger partial charge in [-0.25, -0.2) is 0 Å². The van der Waals surface area contributed by atoms with Crippen LogP contribution in [0.5, 0.6) is 0 Å². The number of allylic oxidation sites excluding steroid dienone is 3. The summed E-state index contributed by atoms with van der Waals surface area (Å²) in [6.45, 7) is 4.94. The minimum Gasteiger partial charge on any atom is -0.466 e. The van der Waals surface area contributed by atoms with Gasteiger partial charge in [-0.2, -0.15) is 0 Å². The lowest BCUT2D eigenvalue weighted by Crippen LogP contribution is -2.45. The molecule has 0 aliphatic rings. The molecule has 0 aliphatic carbocycles. The second-order valence-corrected chi connectivity index (χ2v) is 24.2. The lowest BCUT2D eigenvalue weighted by Gasteiger charge is -2.20. The first-order chi connectivity index (χ1) is 38.0. The maximum absolute atomic E-state index is 12.5. The number of aliphatic hydroxyl groups is 2. The molecule has 0 saturated heterocycles. The third kappa shape index (κ3) is 63.4. The molecule has 456 valence electrons. The number of amides is 1. The number of aliphatic hydroxyl groups excluding tert-OH is 2. The molecule has 0 aromatic carbocycles. The predicted molar refractivity (Wildman–Crippen MR) is 338 cm³/mol. The first kappa shape index (κ1) is 75.3. The molecule has 77 heavy (non-hydrogen) atoms. The Morgan fingerprint density at radius 2 is 0.610 bits per heavy atom. The molecule has 0 aromatic heterocycles. The van der Waals surface area contributed by atoms with Crippen LogP contribution in [0.25, 0.3) is 0 Å². The number of carbonyl (C=O) groups is 2. The highest BCUT2D eigenvalue weighted by molar-refractivity contribution is 5.76. The van der Waals surface area contributed by atoms with Crippen molar-refractivity contribution in [3.63, 3.8) is 0 Å². The fourth-order valence-corrected chi connectivity index (χ4v) is 11.1. The van der Waals surface area contributed by atoms with E-state index >= 15 is 0 Å². The van der Waals surface area contributed by atoms with Gasteiger partial charge in [0.15, 0.2) is 0 Å². The summed E-state index contributed by atoms with van der Waals surface area (Å²) in [6, 6.07) is -0.636. The molecule has 1 amide bonds. The van der Waals surface area contributed by atoms with E-state index in [1.165, 1.54) is 321 Å². The fraction of sp³-hybridized carbons (Fsp3) is 0.915. The van der Waals surface area contributed by atoms with E-state index in [0.717, 1.165) is 44.9 Å². The summed E-state index contributed by atoms with van der Waals surface area (Å²) in [4.78, 5) is 24.6. The molecule has 3 N–H and O–H groups in total. The number of esters is 1. The quantitative estimate of drug-likeness (QED) is 0.0320. The number of hydrogen-bond donors (Lipinski definition) is 3. The van der Waals surface area contributed by atoms with E-state index < -0.39 is 12.1 Å². The van der Waals surface area contributed by atoms with Crippen molar-refractivity contribution in [3.05, 3.63) is 24.3 Å². The average Bonchev–Trinajstić information content (AvgIpc) is 3.43. The van der Waals surface area contributed by atoms with E-state index in [9.17, 15) is 19.8 Å². The predicted octanol–water partition coefficient (Wildman–Crippen LogP) is 22.5. The minimum absolute atomic E-state index is 0.00938. The molecule has 2 unspecified atom stereocenters. The Labute approximate surface area is 481 Å². The summed E-state index contributed by atoms with van der Waals surface area (Å²) in [6.07, 6.45) is 83.9. The van der Waals surface area contributed by atoms with Crippen LogP contribution < -0.4 is 5.32 Å². The van der Waals surface area contributed by atoms with Crippen LogP contribution in [0.3, 0.4) is 0 Å². The van der Waals surface area contributed by atoms with Crippen molar-refractivity contribution in [2.75, 3.05) is 13.2 Å². The first-order valence-electron chi connectivity index (χ1n) is 35.1. The Kier molecular flexibility index (Phi) is 65.4. The van der Waals surface area contributed by atoms with Gasteiger partial charge in [0.2, 0.25) is 5.91 Å². The molecule has 0 aliphatic heterocycles. The van der Waals surface area contributed by atoms with Gasteiger partial charge in [0.05, 0.1) is 25.4 Å². The maximum Gasteiger partial charge on any atom is 0.305 e. The van der Waals surface area contributed by atoms with Crippen molar-refractivity contribution in [3.8, 4) is 0 Å². The fourth-order valence-electron chi connectivity index (χ4n) is 11.1. The molecule has 0 rings (SSSR count). The summed E-state index contributed by atoms with van der Waals surface area (Å²) in [5.74, 6) is -0.0628. The van der Waals surface area contributed by atoms with Crippen LogP contribution in [0, 0.1) is 0 Å². The molecule has 0 heterocycles. The molecule has 0 radical (unpaired) electrons. The van der Waals surface area contributed by atoms with E-state index in [0.29, 0.717) is 19.4 Å². The molecule has 6 heteroatoms. The van der Waals surface area contributed by atoms with Crippen LogP contribution in [0.4, 0.5) is 0 Å². The zero-order chi connectivity index (χ0) is 55.7. The van der Waals surface area contributed by atoms with Gasteiger partial charge >= 0.3 is 5.97 Å². The van der Waals surface area contributed by atoms with Crippen LogP contribution >= 0.6 is 0 Å². The van der Waals surface area contributed by atoms with E-state index in [-0.39, 0.29) is 18.5 Å². The third-order valence-corrected chi connectivity index (χ3v) is 16.5. The van der Waals surface area contributed by atoms with E-state index in [1.54, 1.807) is 6.08 Å². The molecule has 0 saturated carbocycles. The molecule has 0 aromatic rings. The topological polar surface area (TPSA) is 95.9 Å². The first-order valence-corrected chi connectivity index (χ1v) is 35.1. The Morgan fingerprint density at radius 1 is 0.351 bits per heavy atom. The van der Waals surface area contributed by atoms with E-state index in [2.05, 4.69) is 31.3 Å².